The standard InChI is InChI=1S/C25H39N7O5S/c1-38-14-11-18(30-21(33)17-9-5-12-28-17)22(34)32-20(15-16-7-3-2-4-8-16)23(35)31-19(24(36)37)10-6-13-29-25(26)27/h2-4,7-8,17-20,28H,5-6,9-15H2,1H3,(H,30,33)(H,31,35)(H,32,34)(H,36,37)(H4,26,27,29). The molecule has 0 spiro atoms. The van der Waals surface area contributed by atoms with E-state index in [4.69, 9.17) is 11.5 Å². The maximum Gasteiger partial charge on any atom is 0.326 e. The van der Waals surface area contributed by atoms with Crippen molar-refractivity contribution in [2.45, 2.75) is 62.7 Å². The van der Waals surface area contributed by atoms with Crippen LogP contribution >= 0.6 is 11.8 Å². The molecule has 1 saturated heterocycles. The molecule has 38 heavy (non-hydrogen) atoms. The van der Waals surface area contributed by atoms with Crippen molar-refractivity contribution in [3.05, 3.63) is 35.9 Å². The summed E-state index contributed by atoms with van der Waals surface area (Å²) in [6, 6.07) is 5.66. The molecule has 9 N–H and O–H groups in total. The predicted octanol–water partition coefficient (Wildman–Crippen LogP) is -0.673. The van der Waals surface area contributed by atoms with Gasteiger partial charge in [0.25, 0.3) is 0 Å². The summed E-state index contributed by atoms with van der Waals surface area (Å²) < 4.78 is 0. The molecule has 0 radical (unpaired) electrons. The van der Waals surface area contributed by atoms with E-state index in [0.29, 0.717) is 25.0 Å². The molecule has 4 unspecified atom stereocenters. The third kappa shape index (κ3) is 11.0. The summed E-state index contributed by atoms with van der Waals surface area (Å²) in [6.07, 6.45) is 4.45. The highest BCUT2D eigenvalue weighted by molar-refractivity contribution is 7.98. The summed E-state index contributed by atoms with van der Waals surface area (Å²) in [5.74, 6) is -2.06. The maximum absolute atomic E-state index is 13.3. The molecular weight excluding hydrogens is 510 g/mol. The second kappa shape index (κ2) is 16.5. The van der Waals surface area contributed by atoms with Gasteiger partial charge in [0.05, 0.1) is 6.04 Å². The average molecular weight is 550 g/mol. The first-order valence-corrected chi connectivity index (χ1v) is 14.1. The summed E-state index contributed by atoms with van der Waals surface area (Å²) in [6.45, 7) is 0.967. The van der Waals surface area contributed by atoms with Crippen LogP contribution in [0.3, 0.4) is 0 Å². The van der Waals surface area contributed by atoms with Crippen molar-refractivity contribution in [1.29, 1.82) is 0 Å². The molecule has 0 aliphatic carbocycles. The van der Waals surface area contributed by atoms with Crippen LogP contribution in [0.4, 0.5) is 0 Å². The van der Waals surface area contributed by atoms with Gasteiger partial charge in [0, 0.05) is 13.0 Å². The van der Waals surface area contributed by atoms with E-state index in [9.17, 15) is 24.3 Å². The van der Waals surface area contributed by atoms with Crippen LogP contribution in [-0.2, 0) is 25.6 Å². The molecule has 13 heteroatoms. The Balaban J connectivity index is 2.14. The normalized spacial score (nSPS) is 17.0. The van der Waals surface area contributed by atoms with Gasteiger partial charge in [-0.3, -0.25) is 19.4 Å². The number of thioether (sulfide) groups is 1. The Morgan fingerprint density at radius 1 is 1.05 bits per heavy atom. The zero-order valence-electron chi connectivity index (χ0n) is 21.7. The van der Waals surface area contributed by atoms with Gasteiger partial charge in [-0.25, -0.2) is 4.79 Å². The highest BCUT2D eigenvalue weighted by Crippen LogP contribution is 2.10. The molecule has 1 heterocycles. The summed E-state index contributed by atoms with van der Waals surface area (Å²) in [7, 11) is 0. The minimum absolute atomic E-state index is 0.0987. The van der Waals surface area contributed by atoms with Gasteiger partial charge >= 0.3 is 5.97 Å². The maximum atomic E-state index is 13.3. The Morgan fingerprint density at radius 3 is 2.34 bits per heavy atom. The van der Waals surface area contributed by atoms with E-state index < -0.39 is 35.9 Å². The SMILES string of the molecule is CSCCC(NC(=O)C1CCCN1)C(=O)NC(Cc1ccccc1)C(=O)NC(CCCN=C(N)N)C(=O)O. The molecule has 1 aliphatic rings. The number of guanidine groups is 1. The number of aliphatic carboxylic acids is 1. The number of nitrogens with zero attached hydrogens (tertiary/aromatic N) is 1. The zero-order chi connectivity index (χ0) is 27.9. The lowest BCUT2D eigenvalue weighted by atomic mass is 10.0. The fraction of sp³-hybridized carbons (Fsp3) is 0.560. The van der Waals surface area contributed by atoms with Crippen LogP contribution in [0.1, 0.15) is 37.7 Å². The van der Waals surface area contributed by atoms with Gasteiger partial charge in [0.2, 0.25) is 17.7 Å². The Bertz CT molecular complexity index is 953. The van der Waals surface area contributed by atoms with E-state index in [1.807, 2.05) is 36.6 Å². The Morgan fingerprint density at radius 2 is 1.74 bits per heavy atom. The Hall–Kier alpha value is -3.32. The Kier molecular flexibility index (Phi) is 13.4. The third-order valence-corrected chi connectivity index (χ3v) is 6.74. The number of hydrogen-bond acceptors (Lipinski definition) is 7. The van der Waals surface area contributed by atoms with Crippen LogP contribution < -0.4 is 32.7 Å². The van der Waals surface area contributed by atoms with E-state index in [0.717, 1.165) is 18.5 Å². The molecule has 1 fully saturated rings. The molecule has 12 nitrogen and oxygen atoms in total. The van der Waals surface area contributed by atoms with Gasteiger partial charge in [-0.05, 0) is 56.2 Å². The monoisotopic (exact) mass is 549 g/mol. The summed E-state index contributed by atoms with van der Waals surface area (Å²) in [5, 5.41) is 20.9. The van der Waals surface area contributed by atoms with Crippen molar-refractivity contribution >= 4 is 41.4 Å². The van der Waals surface area contributed by atoms with Crippen molar-refractivity contribution in [2.24, 2.45) is 16.5 Å². The van der Waals surface area contributed by atoms with Crippen LogP contribution in [0.5, 0.6) is 0 Å². The molecule has 3 amide bonds. The number of hydrogen-bond donors (Lipinski definition) is 7. The lowest BCUT2D eigenvalue weighted by Gasteiger charge is -2.25. The number of rotatable bonds is 16. The molecular formula is C25H39N7O5S. The minimum atomic E-state index is -1.21. The van der Waals surface area contributed by atoms with Crippen molar-refractivity contribution < 1.29 is 24.3 Å². The molecule has 1 aliphatic heterocycles. The molecule has 1 aromatic rings. The van der Waals surface area contributed by atoms with Crippen LogP contribution in [0, 0.1) is 0 Å². The van der Waals surface area contributed by atoms with E-state index in [-0.39, 0.29) is 37.3 Å². The number of carboxylic acids is 1. The van der Waals surface area contributed by atoms with Gasteiger partial charge in [-0.2, -0.15) is 11.8 Å². The number of carbonyl (C=O) groups excluding carboxylic acids is 3. The number of amides is 3. The molecule has 2 rings (SSSR count). The summed E-state index contributed by atoms with van der Waals surface area (Å²) in [5.41, 5.74) is 11.4. The van der Waals surface area contributed by atoms with Crippen LogP contribution in [0.15, 0.2) is 35.3 Å². The van der Waals surface area contributed by atoms with Crippen LogP contribution in [-0.4, -0.2) is 84.0 Å². The van der Waals surface area contributed by atoms with Gasteiger partial charge in [0.15, 0.2) is 5.96 Å². The lowest BCUT2D eigenvalue weighted by Crippen LogP contribution is -2.57. The number of nitrogens with two attached hydrogens (primary N) is 2. The first-order chi connectivity index (χ1) is 18.2. The minimum Gasteiger partial charge on any atom is -0.480 e. The fourth-order valence-electron chi connectivity index (χ4n) is 4.05. The van der Waals surface area contributed by atoms with Gasteiger partial charge in [0.1, 0.15) is 18.1 Å². The smallest absolute Gasteiger partial charge is 0.326 e. The average Bonchev–Trinajstić information content (AvgIpc) is 3.43. The highest BCUT2D eigenvalue weighted by Gasteiger charge is 2.31. The largest absolute Gasteiger partial charge is 0.480 e. The van der Waals surface area contributed by atoms with Crippen molar-refractivity contribution in [1.82, 2.24) is 21.3 Å². The first-order valence-electron chi connectivity index (χ1n) is 12.7. The van der Waals surface area contributed by atoms with E-state index in [2.05, 4.69) is 26.3 Å². The zero-order valence-corrected chi connectivity index (χ0v) is 22.5. The van der Waals surface area contributed by atoms with Gasteiger partial charge in [-0.1, -0.05) is 30.3 Å². The number of carbonyl (C=O) groups is 4. The van der Waals surface area contributed by atoms with E-state index in [1.54, 1.807) is 11.8 Å². The Labute approximate surface area is 227 Å². The van der Waals surface area contributed by atoms with E-state index in [1.165, 1.54) is 0 Å². The lowest BCUT2D eigenvalue weighted by molar-refractivity contribution is -0.142. The number of carboxylic acid groups (broad SMARTS) is 1. The summed E-state index contributed by atoms with van der Waals surface area (Å²) in [4.78, 5) is 54.9. The second-order valence-corrected chi connectivity index (χ2v) is 10.1. The fourth-order valence-corrected chi connectivity index (χ4v) is 4.52. The number of nitrogens with one attached hydrogen (secondary N) is 4. The molecule has 0 aromatic heterocycles. The van der Waals surface area contributed by atoms with Crippen molar-refractivity contribution in [2.75, 3.05) is 25.1 Å². The van der Waals surface area contributed by atoms with Crippen LogP contribution in [0.2, 0.25) is 0 Å². The van der Waals surface area contributed by atoms with E-state index >= 15 is 0 Å². The van der Waals surface area contributed by atoms with Gasteiger partial charge < -0.3 is 37.8 Å². The van der Waals surface area contributed by atoms with Crippen LogP contribution in [0.25, 0.3) is 0 Å². The first kappa shape index (κ1) is 30.9. The summed E-state index contributed by atoms with van der Waals surface area (Å²) >= 11 is 1.54. The molecule has 4 atom stereocenters. The number of aliphatic imine (C=N–C) groups is 1. The van der Waals surface area contributed by atoms with Crippen molar-refractivity contribution in [3.63, 3.8) is 0 Å². The second-order valence-electron chi connectivity index (χ2n) is 9.09. The quantitative estimate of drug-likeness (QED) is 0.0793. The highest BCUT2D eigenvalue weighted by atomic mass is 32.2. The topological polar surface area (TPSA) is 201 Å². The molecule has 0 bridgehead atoms. The molecule has 210 valence electrons. The number of benzene rings is 1. The van der Waals surface area contributed by atoms with Gasteiger partial charge in [-0.15, -0.1) is 0 Å². The molecule has 1 aromatic carbocycles. The predicted molar refractivity (Wildman–Crippen MR) is 148 cm³/mol. The van der Waals surface area contributed by atoms with Crippen molar-refractivity contribution in [3.8, 4) is 0 Å². The third-order valence-electron chi connectivity index (χ3n) is 6.10. The molecule has 0 saturated carbocycles.